The maximum atomic E-state index is 10.9. The van der Waals surface area contributed by atoms with Gasteiger partial charge in [0.15, 0.2) is 0 Å². The van der Waals surface area contributed by atoms with E-state index in [4.69, 9.17) is 4.18 Å². The maximum Gasteiger partial charge on any atom is 0.304 e. The van der Waals surface area contributed by atoms with Gasteiger partial charge in [-0.05, 0) is 12.5 Å². The van der Waals surface area contributed by atoms with Crippen molar-refractivity contribution in [3.8, 4) is 0 Å². The number of hydrogen-bond acceptors (Lipinski definition) is 3. The van der Waals surface area contributed by atoms with Crippen molar-refractivity contribution in [2.75, 3.05) is 7.11 Å². The van der Waals surface area contributed by atoms with E-state index in [0.29, 0.717) is 0 Å². The molecule has 0 amide bonds. The lowest BCUT2D eigenvalue weighted by molar-refractivity contribution is 0.214. The fourth-order valence-electron chi connectivity index (χ4n) is 0.937. The van der Waals surface area contributed by atoms with Crippen molar-refractivity contribution in [1.82, 2.24) is 0 Å². The van der Waals surface area contributed by atoms with Crippen LogP contribution in [0.4, 0.5) is 0 Å². The summed E-state index contributed by atoms with van der Waals surface area (Å²) >= 11 is -1.66. The second kappa shape index (κ2) is 13.4. The molecular weight excluding hydrogens is 236 g/mol. The summed E-state index contributed by atoms with van der Waals surface area (Å²) in [5.41, 5.74) is 0.980. The van der Waals surface area contributed by atoms with Crippen molar-refractivity contribution < 1.29 is 12.6 Å². The van der Waals surface area contributed by atoms with Crippen LogP contribution in [0.3, 0.4) is 0 Å². The Morgan fingerprint density at radius 2 is 1.53 bits per heavy atom. The third-order valence-electron chi connectivity index (χ3n) is 1.63. The Morgan fingerprint density at radius 3 is 1.94 bits per heavy atom. The number of benzene rings is 1. The standard InChI is InChI=1S/C9H12O3S.2C2H6/c1-8(12-13(10)11-2)9-6-4-3-5-7-9;2*1-2/h3-8H,1-2H3;2*1-2H3. The van der Waals surface area contributed by atoms with Gasteiger partial charge in [0.1, 0.15) is 0 Å². The van der Waals surface area contributed by atoms with Crippen LogP contribution >= 0.6 is 0 Å². The third-order valence-corrected chi connectivity index (χ3v) is 2.35. The first-order valence-electron chi connectivity index (χ1n) is 5.92. The van der Waals surface area contributed by atoms with Crippen molar-refractivity contribution >= 4 is 11.4 Å². The van der Waals surface area contributed by atoms with E-state index in [2.05, 4.69) is 4.18 Å². The first-order chi connectivity index (χ1) is 8.24. The Balaban J connectivity index is 0. The van der Waals surface area contributed by atoms with Gasteiger partial charge in [0.05, 0.1) is 13.2 Å². The van der Waals surface area contributed by atoms with Crippen LogP contribution in [0.25, 0.3) is 0 Å². The highest BCUT2D eigenvalue weighted by molar-refractivity contribution is 7.75. The summed E-state index contributed by atoms with van der Waals surface area (Å²) in [5.74, 6) is 0. The monoisotopic (exact) mass is 260 g/mol. The van der Waals surface area contributed by atoms with Gasteiger partial charge in [0, 0.05) is 0 Å². The van der Waals surface area contributed by atoms with Gasteiger partial charge in [-0.15, -0.1) is 0 Å². The van der Waals surface area contributed by atoms with Crippen LogP contribution in [0.5, 0.6) is 0 Å². The molecule has 0 aromatic heterocycles. The van der Waals surface area contributed by atoms with Crippen LogP contribution in [0.15, 0.2) is 30.3 Å². The third kappa shape index (κ3) is 9.03. The molecule has 0 aliphatic rings. The summed E-state index contributed by atoms with van der Waals surface area (Å²) in [4.78, 5) is 0. The van der Waals surface area contributed by atoms with E-state index in [-0.39, 0.29) is 6.10 Å². The molecule has 1 aromatic carbocycles. The van der Waals surface area contributed by atoms with E-state index in [0.717, 1.165) is 5.56 Å². The normalized spacial score (nSPS) is 12.4. The molecule has 4 heteroatoms. The zero-order valence-corrected chi connectivity index (χ0v) is 12.4. The molecule has 0 radical (unpaired) electrons. The molecule has 0 fully saturated rings. The lowest BCUT2D eigenvalue weighted by Crippen LogP contribution is -2.04. The van der Waals surface area contributed by atoms with Crippen LogP contribution in [0.1, 0.15) is 46.3 Å². The summed E-state index contributed by atoms with van der Waals surface area (Å²) in [6.45, 7) is 9.83. The van der Waals surface area contributed by atoms with Crippen LogP contribution in [0.2, 0.25) is 0 Å². The van der Waals surface area contributed by atoms with Crippen molar-refractivity contribution in [2.45, 2.75) is 40.7 Å². The average molecular weight is 260 g/mol. The van der Waals surface area contributed by atoms with Crippen LogP contribution in [-0.2, 0) is 19.7 Å². The maximum absolute atomic E-state index is 10.9. The van der Waals surface area contributed by atoms with E-state index in [9.17, 15) is 4.21 Å². The van der Waals surface area contributed by atoms with Gasteiger partial charge in [-0.3, -0.25) is 8.37 Å². The van der Waals surface area contributed by atoms with Gasteiger partial charge in [-0.25, -0.2) is 0 Å². The Labute approximate surface area is 108 Å². The number of rotatable bonds is 4. The van der Waals surface area contributed by atoms with Crippen LogP contribution in [0, 0.1) is 0 Å². The molecule has 3 nitrogen and oxygen atoms in total. The topological polar surface area (TPSA) is 35.5 Å². The van der Waals surface area contributed by atoms with Gasteiger partial charge in [-0.2, -0.15) is 4.21 Å². The fourth-order valence-corrected chi connectivity index (χ4v) is 1.36. The lowest BCUT2D eigenvalue weighted by Gasteiger charge is -2.09. The molecule has 0 bridgehead atoms. The predicted octanol–water partition coefficient (Wildman–Crippen LogP) is 4.04. The van der Waals surface area contributed by atoms with E-state index in [1.54, 1.807) is 0 Å². The highest BCUT2D eigenvalue weighted by Crippen LogP contribution is 2.16. The minimum atomic E-state index is -1.66. The Kier molecular flexibility index (Phi) is 14.7. The summed E-state index contributed by atoms with van der Waals surface area (Å²) in [5, 5.41) is 0. The molecule has 0 spiro atoms. The minimum Gasteiger partial charge on any atom is -0.272 e. The van der Waals surface area contributed by atoms with Crippen LogP contribution < -0.4 is 0 Å². The molecule has 0 aliphatic carbocycles. The molecule has 0 aliphatic heterocycles. The van der Waals surface area contributed by atoms with Crippen molar-refractivity contribution in [3.63, 3.8) is 0 Å². The van der Waals surface area contributed by atoms with Crippen LogP contribution in [-0.4, -0.2) is 11.3 Å². The molecule has 2 atom stereocenters. The van der Waals surface area contributed by atoms with E-state index in [1.807, 2.05) is 65.0 Å². The van der Waals surface area contributed by atoms with Crippen molar-refractivity contribution in [1.29, 1.82) is 0 Å². The fraction of sp³-hybridized carbons (Fsp3) is 0.538. The second-order valence-corrected chi connectivity index (χ2v) is 3.45. The quantitative estimate of drug-likeness (QED) is 0.819. The van der Waals surface area contributed by atoms with Gasteiger partial charge in [0.2, 0.25) is 0 Å². The van der Waals surface area contributed by atoms with Crippen molar-refractivity contribution in [2.24, 2.45) is 0 Å². The second-order valence-electron chi connectivity index (χ2n) is 2.52. The smallest absolute Gasteiger partial charge is 0.272 e. The summed E-state index contributed by atoms with van der Waals surface area (Å²) in [6, 6.07) is 9.56. The largest absolute Gasteiger partial charge is 0.304 e. The summed E-state index contributed by atoms with van der Waals surface area (Å²) in [6.07, 6.45) is -0.220. The zero-order chi connectivity index (χ0) is 13.7. The highest BCUT2D eigenvalue weighted by atomic mass is 32.2. The first-order valence-corrected chi connectivity index (χ1v) is 6.92. The molecule has 1 aromatic rings. The minimum absolute atomic E-state index is 0.220. The molecule has 0 saturated carbocycles. The van der Waals surface area contributed by atoms with Gasteiger partial charge in [-0.1, -0.05) is 58.0 Å². The Bertz CT molecular complexity index is 275. The Morgan fingerprint density at radius 1 is 1.06 bits per heavy atom. The molecule has 17 heavy (non-hydrogen) atoms. The highest BCUT2D eigenvalue weighted by Gasteiger charge is 2.08. The molecule has 2 unspecified atom stereocenters. The number of hydrogen-bond donors (Lipinski definition) is 0. The Hall–Kier alpha value is -0.710. The summed E-state index contributed by atoms with van der Waals surface area (Å²) in [7, 11) is 1.34. The predicted molar refractivity (Wildman–Crippen MR) is 73.8 cm³/mol. The van der Waals surface area contributed by atoms with Gasteiger partial charge in [0.25, 0.3) is 0 Å². The molecule has 100 valence electrons. The average Bonchev–Trinajstić information content (AvgIpc) is 2.44. The summed E-state index contributed by atoms with van der Waals surface area (Å²) < 4.78 is 20.4. The zero-order valence-electron chi connectivity index (χ0n) is 11.6. The van der Waals surface area contributed by atoms with Gasteiger partial charge < -0.3 is 0 Å². The SMILES string of the molecule is CC.CC.COS(=O)OC(C)c1ccccc1. The van der Waals surface area contributed by atoms with Gasteiger partial charge >= 0.3 is 11.4 Å². The molecule has 0 N–H and O–H groups in total. The molecular formula is C13H24O3S. The molecule has 0 heterocycles. The van der Waals surface area contributed by atoms with E-state index < -0.39 is 11.4 Å². The molecule has 0 saturated heterocycles. The molecule has 1 rings (SSSR count). The van der Waals surface area contributed by atoms with E-state index in [1.165, 1.54) is 7.11 Å². The lowest BCUT2D eigenvalue weighted by atomic mass is 10.1. The van der Waals surface area contributed by atoms with E-state index >= 15 is 0 Å². The first kappa shape index (κ1) is 18.6. The van der Waals surface area contributed by atoms with Crippen molar-refractivity contribution in [3.05, 3.63) is 35.9 Å².